The number of rotatable bonds is 3. The first-order valence-electron chi connectivity index (χ1n) is 10.7. The molecule has 4 heterocycles. The van der Waals surface area contributed by atoms with Crippen molar-refractivity contribution in [2.75, 3.05) is 31.1 Å². The Balaban J connectivity index is 0.00000136. The second-order valence-electron chi connectivity index (χ2n) is 8.61. The summed E-state index contributed by atoms with van der Waals surface area (Å²) in [5.41, 5.74) is 2.46. The summed E-state index contributed by atoms with van der Waals surface area (Å²) in [4.78, 5) is 28.3. The number of benzene rings is 1. The van der Waals surface area contributed by atoms with E-state index >= 15 is 0 Å². The van der Waals surface area contributed by atoms with Gasteiger partial charge in [0.1, 0.15) is 5.56 Å². The summed E-state index contributed by atoms with van der Waals surface area (Å²) in [6.07, 6.45) is 2.92. The van der Waals surface area contributed by atoms with Crippen molar-refractivity contribution >= 4 is 36.4 Å². The molecule has 2 fully saturated rings. The number of pyridine rings is 1. The summed E-state index contributed by atoms with van der Waals surface area (Å²) in [6.45, 7) is 4.41. The molecule has 5 rings (SSSR count). The number of carbonyl (C=O) groups excluding carboxylic acids is 1. The third-order valence-electron chi connectivity index (χ3n) is 6.70. The standard InChI is InChI=1S/C23H28N4O2.2ClH/c28-22(25-18-8-10-26(11-9-18)19-4-2-1-3-5-19)20-6-7-21-17-12-16(13-24-14-17)15-27(21)23(20)29;;/h1-7,16-18,24H,8-15H2,(H,25,28);2*1H/t16-,17+;;/m0../s1. The molecule has 6 nitrogen and oxygen atoms in total. The minimum atomic E-state index is -0.225. The fourth-order valence-electron chi connectivity index (χ4n) is 5.15. The number of piperidine rings is 2. The second-order valence-corrected chi connectivity index (χ2v) is 8.61. The Hall–Kier alpha value is -2.02. The van der Waals surface area contributed by atoms with E-state index in [2.05, 4.69) is 39.8 Å². The number of anilines is 1. The van der Waals surface area contributed by atoms with Gasteiger partial charge in [-0.15, -0.1) is 24.8 Å². The summed E-state index contributed by atoms with van der Waals surface area (Å²) in [5.74, 6) is 0.645. The number of nitrogens with one attached hydrogen (secondary N) is 2. The molecule has 0 unspecified atom stereocenters. The normalized spacial score (nSPS) is 22.5. The quantitative estimate of drug-likeness (QED) is 0.732. The molecule has 168 valence electrons. The molecule has 2 aromatic rings. The molecule has 2 saturated heterocycles. The van der Waals surface area contributed by atoms with Gasteiger partial charge in [-0.1, -0.05) is 18.2 Å². The summed E-state index contributed by atoms with van der Waals surface area (Å²) in [7, 11) is 0. The number of hydrogen-bond acceptors (Lipinski definition) is 4. The van der Waals surface area contributed by atoms with Gasteiger partial charge < -0.3 is 20.1 Å². The van der Waals surface area contributed by atoms with Crippen LogP contribution in [0.25, 0.3) is 0 Å². The molecule has 0 radical (unpaired) electrons. The van der Waals surface area contributed by atoms with Crippen LogP contribution in [-0.4, -0.2) is 42.7 Å². The summed E-state index contributed by atoms with van der Waals surface area (Å²) >= 11 is 0. The number of halogens is 2. The maximum Gasteiger partial charge on any atom is 0.263 e. The van der Waals surface area contributed by atoms with Gasteiger partial charge in [0.2, 0.25) is 0 Å². The number of hydrogen-bond donors (Lipinski definition) is 2. The predicted molar refractivity (Wildman–Crippen MR) is 128 cm³/mol. The third kappa shape index (κ3) is 4.76. The largest absolute Gasteiger partial charge is 0.371 e. The maximum atomic E-state index is 13.0. The van der Waals surface area contributed by atoms with Crippen LogP contribution in [0.5, 0.6) is 0 Å². The zero-order valence-electron chi connectivity index (χ0n) is 17.5. The number of carbonyl (C=O) groups is 1. The van der Waals surface area contributed by atoms with Crippen LogP contribution in [0.1, 0.15) is 41.2 Å². The average molecular weight is 465 g/mol. The highest BCUT2D eigenvalue weighted by molar-refractivity contribution is 5.94. The molecular formula is C23H30Cl2N4O2. The molecule has 2 N–H and O–H groups in total. The average Bonchev–Trinajstić information content (AvgIpc) is 2.76. The van der Waals surface area contributed by atoms with Gasteiger partial charge in [-0.3, -0.25) is 9.59 Å². The van der Waals surface area contributed by atoms with E-state index < -0.39 is 0 Å². The van der Waals surface area contributed by atoms with Crippen molar-refractivity contribution in [3.63, 3.8) is 0 Å². The first-order valence-corrected chi connectivity index (χ1v) is 10.7. The van der Waals surface area contributed by atoms with E-state index in [0.29, 0.717) is 18.4 Å². The van der Waals surface area contributed by atoms with Crippen LogP contribution in [0.3, 0.4) is 0 Å². The Kier molecular flexibility index (Phi) is 7.68. The molecule has 2 bridgehead atoms. The Bertz CT molecular complexity index is 958. The molecule has 0 spiro atoms. The molecule has 1 aromatic carbocycles. The van der Waals surface area contributed by atoms with Crippen LogP contribution >= 0.6 is 24.8 Å². The SMILES string of the molecule is Cl.Cl.O=C(NC1CCN(c2ccccc2)CC1)c1ccc2n(c1=O)C[C@@H]1CNC[C@H]2C1. The fraction of sp³-hybridized carbons (Fsp3) is 0.478. The minimum Gasteiger partial charge on any atom is -0.371 e. The van der Waals surface area contributed by atoms with Crippen molar-refractivity contribution in [2.24, 2.45) is 5.92 Å². The molecule has 3 aliphatic rings. The topological polar surface area (TPSA) is 66.4 Å². The van der Waals surface area contributed by atoms with Gasteiger partial charge in [-0.05, 0) is 56.0 Å². The monoisotopic (exact) mass is 464 g/mol. The van der Waals surface area contributed by atoms with Gasteiger partial charge in [0.15, 0.2) is 0 Å². The Morgan fingerprint density at radius 3 is 2.48 bits per heavy atom. The zero-order chi connectivity index (χ0) is 19.8. The lowest BCUT2D eigenvalue weighted by atomic mass is 9.84. The van der Waals surface area contributed by atoms with E-state index in [1.165, 1.54) is 5.69 Å². The van der Waals surface area contributed by atoms with Crippen molar-refractivity contribution < 1.29 is 4.79 Å². The summed E-state index contributed by atoms with van der Waals surface area (Å²) in [6, 6.07) is 14.2. The Labute approximate surface area is 195 Å². The van der Waals surface area contributed by atoms with Gasteiger partial charge in [0.25, 0.3) is 11.5 Å². The molecule has 31 heavy (non-hydrogen) atoms. The van der Waals surface area contributed by atoms with E-state index in [0.717, 1.165) is 51.1 Å². The smallest absolute Gasteiger partial charge is 0.263 e. The molecule has 0 saturated carbocycles. The first-order chi connectivity index (χ1) is 14.2. The van der Waals surface area contributed by atoms with Gasteiger partial charge in [0, 0.05) is 49.5 Å². The number of fused-ring (bicyclic) bond motifs is 4. The van der Waals surface area contributed by atoms with Crippen molar-refractivity contribution in [2.45, 2.75) is 37.8 Å². The van der Waals surface area contributed by atoms with Crippen molar-refractivity contribution in [1.29, 1.82) is 0 Å². The van der Waals surface area contributed by atoms with Crippen LogP contribution in [0.15, 0.2) is 47.3 Å². The Morgan fingerprint density at radius 2 is 1.74 bits per heavy atom. The predicted octanol–water partition coefficient (Wildman–Crippen LogP) is 2.80. The maximum absolute atomic E-state index is 13.0. The molecule has 3 aliphatic heterocycles. The second kappa shape index (κ2) is 10.1. The summed E-state index contributed by atoms with van der Waals surface area (Å²) < 4.78 is 1.85. The van der Waals surface area contributed by atoms with Crippen LogP contribution < -0.4 is 21.1 Å². The van der Waals surface area contributed by atoms with Crippen molar-refractivity contribution in [3.05, 3.63) is 64.1 Å². The minimum absolute atomic E-state index is 0. The zero-order valence-corrected chi connectivity index (χ0v) is 19.1. The fourth-order valence-corrected chi connectivity index (χ4v) is 5.15. The van der Waals surface area contributed by atoms with Crippen LogP contribution in [0.2, 0.25) is 0 Å². The molecule has 2 atom stereocenters. The molecule has 0 aliphatic carbocycles. The number of aromatic nitrogens is 1. The molecule has 1 amide bonds. The first kappa shape index (κ1) is 23.6. The van der Waals surface area contributed by atoms with Gasteiger partial charge >= 0.3 is 0 Å². The van der Waals surface area contributed by atoms with Crippen LogP contribution in [0.4, 0.5) is 5.69 Å². The highest BCUT2D eigenvalue weighted by Crippen LogP contribution is 2.31. The van der Waals surface area contributed by atoms with Gasteiger partial charge in [0.05, 0.1) is 0 Å². The third-order valence-corrected chi connectivity index (χ3v) is 6.70. The molecular weight excluding hydrogens is 435 g/mol. The lowest BCUT2D eigenvalue weighted by Gasteiger charge is -2.37. The highest BCUT2D eigenvalue weighted by Gasteiger charge is 2.32. The van der Waals surface area contributed by atoms with E-state index in [-0.39, 0.29) is 47.9 Å². The van der Waals surface area contributed by atoms with E-state index in [9.17, 15) is 9.59 Å². The lowest BCUT2D eigenvalue weighted by Crippen LogP contribution is -2.48. The lowest BCUT2D eigenvalue weighted by molar-refractivity contribution is 0.0928. The molecule has 8 heteroatoms. The van der Waals surface area contributed by atoms with Gasteiger partial charge in [-0.25, -0.2) is 0 Å². The van der Waals surface area contributed by atoms with E-state index in [4.69, 9.17) is 0 Å². The van der Waals surface area contributed by atoms with Crippen LogP contribution in [0, 0.1) is 5.92 Å². The van der Waals surface area contributed by atoms with Crippen LogP contribution in [-0.2, 0) is 6.54 Å². The summed E-state index contributed by atoms with van der Waals surface area (Å²) in [5, 5.41) is 6.57. The number of amides is 1. The van der Waals surface area contributed by atoms with Crippen molar-refractivity contribution in [3.8, 4) is 0 Å². The van der Waals surface area contributed by atoms with E-state index in [1.54, 1.807) is 6.07 Å². The number of nitrogens with zero attached hydrogens (tertiary/aromatic N) is 2. The molecule has 1 aromatic heterocycles. The van der Waals surface area contributed by atoms with Crippen molar-refractivity contribution in [1.82, 2.24) is 15.2 Å². The van der Waals surface area contributed by atoms with Gasteiger partial charge in [-0.2, -0.15) is 0 Å². The highest BCUT2D eigenvalue weighted by atomic mass is 35.5. The number of para-hydroxylation sites is 1. The van der Waals surface area contributed by atoms with E-state index in [1.807, 2.05) is 16.7 Å². The Morgan fingerprint density at radius 1 is 1.00 bits per heavy atom.